The molecule has 2 heterocycles. The Bertz CT molecular complexity index is 707. The first-order valence-corrected chi connectivity index (χ1v) is 6.54. The highest BCUT2D eigenvalue weighted by Crippen LogP contribution is 2.28. The molecule has 0 amide bonds. The molecule has 2 aromatic heterocycles. The number of rotatable bonds is 3. The van der Waals surface area contributed by atoms with Crippen molar-refractivity contribution in [3.8, 4) is 0 Å². The van der Waals surface area contributed by atoms with Gasteiger partial charge in [0, 0.05) is 17.0 Å². The molecule has 96 valence electrons. The van der Waals surface area contributed by atoms with Crippen LogP contribution < -0.4 is 5.73 Å². The van der Waals surface area contributed by atoms with Gasteiger partial charge in [-0.15, -0.1) is 0 Å². The Hall–Kier alpha value is -2.15. The smallest absolute Gasteiger partial charge is 0.181 e. The number of nitrogens with zero attached hydrogens (tertiary/aromatic N) is 3. The monoisotopic (exact) mass is 275 g/mol. The lowest BCUT2D eigenvalue weighted by molar-refractivity contribution is 0.618. The number of anilines is 1. The fourth-order valence-corrected chi connectivity index (χ4v) is 2.72. The fourth-order valence-electron chi connectivity index (χ4n) is 1.72. The molecule has 0 aliphatic rings. The number of imidazole rings is 1. The highest BCUT2D eigenvalue weighted by molar-refractivity contribution is 7.98. The number of aromatic nitrogens is 4. The number of hydrogen-bond acceptors (Lipinski definition) is 5. The fraction of sp³-hybridized carbons (Fsp3) is 0.0833. The summed E-state index contributed by atoms with van der Waals surface area (Å²) in [6.07, 6.45) is 3.00. The van der Waals surface area contributed by atoms with Gasteiger partial charge >= 0.3 is 0 Å². The van der Waals surface area contributed by atoms with Crippen LogP contribution in [0.1, 0.15) is 5.56 Å². The summed E-state index contributed by atoms with van der Waals surface area (Å²) in [6, 6.07) is 4.68. The molecule has 0 saturated carbocycles. The summed E-state index contributed by atoms with van der Waals surface area (Å²) in [5, 5.41) is 0.727. The highest BCUT2D eigenvalue weighted by atomic mass is 32.2. The van der Waals surface area contributed by atoms with Crippen molar-refractivity contribution in [3.05, 3.63) is 42.2 Å². The molecule has 7 heteroatoms. The molecule has 0 unspecified atom stereocenters. The number of nitrogens with two attached hydrogens (primary N) is 1. The number of H-pyrrole nitrogens is 1. The van der Waals surface area contributed by atoms with Crippen molar-refractivity contribution >= 4 is 28.6 Å². The van der Waals surface area contributed by atoms with Crippen molar-refractivity contribution < 1.29 is 4.39 Å². The number of aromatic amines is 1. The summed E-state index contributed by atoms with van der Waals surface area (Å²) < 4.78 is 13.7. The maximum atomic E-state index is 13.7. The molecular weight excluding hydrogens is 265 g/mol. The lowest BCUT2D eigenvalue weighted by Gasteiger charge is -2.06. The Labute approximate surface area is 112 Å². The van der Waals surface area contributed by atoms with Crippen LogP contribution in [-0.4, -0.2) is 19.9 Å². The Morgan fingerprint density at radius 2 is 2.16 bits per heavy atom. The molecule has 0 aliphatic carbocycles. The van der Waals surface area contributed by atoms with Gasteiger partial charge in [0.15, 0.2) is 5.65 Å². The van der Waals surface area contributed by atoms with Crippen LogP contribution in [0.3, 0.4) is 0 Å². The van der Waals surface area contributed by atoms with E-state index in [1.807, 2.05) is 0 Å². The molecule has 0 radical (unpaired) electrons. The van der Waals surface area contributed by atoms with E-state index in [0.29, 0.717) is 22.7 Å². The molecule has 0 saturated heterocycles. The lowest BCUT2D eigenvalue weighted by atomic mass is 10.2. The highest BCUT2D eigenvalue weighted by Gasteiger charge is 2.10. The summed E-state index contributed by atoms with van der Waals surface area (Å²) in [4.78, 5) is 15.2. The third kappa shape index (κ3) is 2.24. The van der Waals surface area contributed by atoms with E-state index < -0.39 is 0 Å². The average Bonchev–Trinajstić information content (AvgIpc) is 2.87. The SMILES string of the molecule is Nc1cccc(F)c1CSc1ncnc2nc[nH]c12. The van der Waals surface area contributed by atoms with Crippen LogP contribution in [0.5, 0.6) is 0 Å². The van der Waals surface area contributed by atoms with Gasteiger partial charge in [-0.05, 0) is 12.1 Å². The third-order valence-electron chi connectivity index (χ3n) is 2.70. The number of hydrogen-bond donors (Lipinski definition) is 2. The van der Waals surface area contributed by atoms with Gasteiger partial charge in [0.2, 0.25) is 0 Å². The van der Waals surface area contributed by atoms with E-state index in [2.05, 4.69) is 19.9 Å². The zero-order valence-electron chi connectivity index (χ0n) is 9.80. The quantitative estimate of drug-likeness (QED) is 0.436. The molecule has 0 aliphatic heterocycles. The van der Waals surface area contributed by atoms with E-state index in [1.54, 1.807) is 18.5 Å². The maximum Gasteiger partial charge on any atom is 0.181 e. The van der Waals surface area contributed by atoms with E-state index in [-0.39, 0.29) is 5.82 Å². The molecule has 1 aromatic carbocycles. The minimum atomic E-state index is -0.303. The Kier molecular flexibility index (Phi) is 3.04. The van der Waals surface area contributed by atoms with Crippen LogP contribution in [0.15, 0.2) is 35.9 Å². The second-order valence-corrected chi connectivity index (χ2v) is 4.84. The van der Waals surface area contributed by atoms with Crippen molar-refractivity contribution in [2.45, 2.75) is 10.8 Å². The molecule has 0 fully saturated rings. The van der Waals surface area contributed by atoms with Gasteiger partial charge in [-0.3, -0.25) is 0 Å². The Morgan fingerprint density at radius 3 is 3.00 bits per heavy atom. The number of nitrogen functional groups attached to an aromatic ring is 1. The van der Waals surface area contributed by atoms with Crippen LogP contribution in [-0.2, 0) is 5.75 Å². The molecular formula is C12H10FN5S. The van der Waals surface area contributed by atoms with E-state index in [1.165, 1.54) is 24.2 Å². The molecule has 3 rings (SSSR count). The predicted molar refractivity (Wildman–Crippen MR) is 72.1 cm³/mol. The van der Waals surface area contributed by atoms with Gasteiger partial charge in [-0.25, -0.2) is 19.3 Å². The summed E-state index contributed by atoms with van der Waals surface area (Å²) >= 11 is 1.39. The van der Waals surface area contributed by atoms with Gasteiger partial charge in [-0.2, -0.15) is 0 Å². The van der Waals surface area contributed by atoms with Crippen LogP contribution in [0.25, 0.3) is 11.2 Å². The number of halogens is 1. The van der Waals surface area contributed by atoms with Crippen molar-refractivity contribution in [2.24, 2.45) is 0 Å². The first-order valence-electron chi connectivity index (χ1n) is 5.55. The third-order valence-corrected chi connectivity index (χ3v) is 3.71. The van der Waals surface area contributed by atoms with Gasteiger partial charge in [0.1, 0.15) is 22.7 Å². The van der Waals surface area contributed by atoms with Crippen molar-refractivity contribution in [2.75, 3.05) is 5.73 Å². The zero-order chi connectivity index (χ0) is 13.2. The van der Waals surface area contributed by atoms with Gasteiger partial charge in [-0.1, -0.05) is 17.8 Å². The number of nitrogens with one attached hydrogen (secondary N) is 1. The first kappa shape index (κ1) is 11.9. The van der Waals surface area contributed by atoms with Crippen molar-refractivity contribution in [1.82, 2.24) is 19.9 Å². The second-order valence-electron chi connectivity index (χ2n) is 3.88. The Morgan fingerprint density at radius 1 is 1.26 bits per heavy atom. The predicted octanol–water partition coefficient (Wildman–Crippen LogP) is 2.37. The molecule has 0 atom stereocenters. The maximum absolute atomic E-state index is 13.7. The van der Waals surface area contributed by atoms with Crippen molar-refractivity contribution in [3.63, 3.8) is 0 Å². The molecule has 3 aromatic rings. The second kappa shape index (κ2) is 4.85. The standard InChI is InChI=1S/C12H10FN5S/c13-8-2-1-3-9(14)7(8)4-19-12-10-11(16-5-15-10)17-6-18-12/h1-3,5-6H,4,14H2,(H,15,16,17,18). The summed E-state index contributed by atoms with van der Waals surface area (Å²) in [6.45, 7) is 0. The van der Waals surface area contributed by atoms with Crippen LogP contribution in [0, 0.1) is 5.82 Å². The summed E-state index contributed by atoms with van der Waals surface area (Å²) in [7, 11) is 0. The topological polar surface area (TPSA) is 80.5 Å². The molecule has 19 heavy (non-hydrogen) atoms. The Balaban J connectivity index is 1.88. The zero-order valence-corrected chi connectivity index (χ0v) is 10.6. The summed E-state index contributed by atoms with van der Waals surface area (Å²) in [5.74, 6) is 0.103. The van der Waals surface area contributed by atoms with Crippen LogP contribution >= 0.6 is 11.8 Å². The normalized spacial score (nSPS) is 11.0. The van der Waals surface area contributed by atoms with Gasteiger partial charge < -0.3 is 10.7 Å². The summed E-state index contributed by atoms with van der Waals surface area (Å²) in [5.41, 5.74) is 8.05. The minimum Gasteiger partial charge on any atom is -0.398 e. The van der Waals surface area contributed by atoms with E-state index in [0.717, 1.165) is 10.5 Å². The molecule has 0 bridgehead atoms. The van der Waals surface area contributed by atoms with Crippen LogP contribution in [0.4, 0.5) is 10.1 Å². The first-order chi connectivity index (χ1) is 9.25. The number of benzene rings is 1. The average molecular weight is 275 g/mol. The lowest BCUT2D eigenvalue weighted by Crippen LogP contribution is -1.96. The van der Waals surface area contributed by atoms with E-state index in [4.69, 9.17) is 5.73 Å². The van der Waals surface area contributed by atoms with Gasteiger partial charge in [0.25, 0.3) is 0 Å². The van der Waals surface area contributed by atoms with E-state index in [9.17, 15) is 4.39 Å². The van der Waals surface area contributed by atoms with Crippen LogP contribution in [0.2, 0.25) is 0 Å². The largest absolute Gasteiger partial charge is 0.398 e. The minimum absolute atomic E-state index is 0.303. The van der Waals surface area contributed by atoms with Gasteiger partial charge in [0.05, 0.1) is 6.33 Å². The molecule has 0 spiro atoms. The van der Waals surface area contributed by atoms with Crippen molar-refractivity contribution in [1.29, 1.82) is 0 Å². The number of fused-ring (bicyclic) bond motifs is 1. The molecule has 5 nitrogen and oxygen atoms in total. The van der Waals surface area contributed by atoms with E-state index >= 15 is 0 Å². The number of thioether (sulfide) groups is 1. The molecule has 3 N–H and O–H groups in total.